The standard InChI is InChI=1S/C23H24ClNO3/c1-2-3-14-28-22-9-5-4-8-21(22)23(26)25(17-20-7-6-15-27-20)16-18-10-12-19(24)13-11-18/h4-13,15H,2-3,14,16-17H2,1H3. The van der Waals surface area contributed by atoms with Gasteiger partial charge in [-0.15, -0.1) is 0 Å². The Hall–Kier alpha value is -2.72. The monoisotopic (exact) mass is 397 g/mol. The lowest BCUT2D eigenvalue weighted by Gasteiger charge is -2.23. The molecule has 3 rings (SSSR count). The molecule has 0 spiro atoms. The summed E-state index contributed by atoms with van der Waals surface area (Å²) in [6.07, 6.45) is 3.60. The minimum atomic E-state index is -0.0987. The molecule has 0 fully saturated rings. The number of furan rings is 1. The van der Waals surface area contributed by atoms with Crippen LogP contribution in [0.5, 0.6) is 5.75 Å². The van der Waals surface area contributed by atoms with Gasteiger partial charge in [0.1, 0.15) is 11.5 Å². The number of para-hydroxylation sites is 1. The third kappa shape index (κ3) is 5.40. The van der Waals surface area contributed by atoms with Gasteiger partial charge in [-0.3, -0.25) is 4.79 Å². The normalized spacial score (nSPS) is 10.6. The van der Waals surface area contributed by atoms with Crippen molar-refractivity contribution in [3.05, 3.63) is 88.8 Å². The van der Waals surface area contributed by atoms with Crippen LogP contribution in [0.15, 0.2) is 71.3 Å². The van der Waals surface area contributed by atoms with Gasteiger partial charge in [0.15, 0.2) is 0 Å². The Labute approximate surface area is 170 Å². The van der Waals surface area contributed by atoms with Gasteiger partial charge >= 0.3 is 0 Å². The van der Waals surface area contributed by atoms with E-state index in [1.54, 1.807) is 17.2 Å². The van der Waals surface area contributed by atoms with Crippen LogP contribution in [0.25, 0.3) is 0 Å². The number of amides is 1. The summed E-state index contributed by atoms with van der Waals surface area (Å²) in [5.74, 6) is 1.24. The van der Waals surface area contributed by atoms with Gasteiger partial charge < -0.3 is 14.1 Å². The summed E-state index contributed by atoms with van der Waals surface area (Å²) < 4.78 is 11.3. The summed E-state index contributed by atoms with van der Waals surface area (Å²) in [5.41, 5.74) is 1.55. The van der Waals surface area contributed by atoms with E-state index >= 15 is 0 Å². The Morgan fingerprint density at radius 2 is 1.82 bits per heavy atom. The van der Waals surface area contributed by atoms with Crippen LogP contribution in [0.4, 0.5) is 0 Å². The van der Waals surface area contributed by atoms with Crippen LogP contribution in [0.2, 0.25) is 5.02 Å². The van der Waals surface area contributed by atoms with Crippen LogP contribution in [-0.4, -0.2) is 17.4 Å². The molecule has 3 aromatic rings. The smallest absolute Gasteiger partial charge is 0.258 e. The third-order valence-electron chi connectivity index (χ3n) is 4.37. The van der Waals surface area contributed by atoms with E-state index in [1.165, 1.54) is 0 Å². The molecular formula is C23H24ClNO3. The fourth-order valence-electron chi connectivity index (χ4n) is 2.87. The molecule has 0 unspecified atom stereocenters. The van der Waals surface area contributed by atoms with Gasteiger partial charge in [-0.25, -0.2) is 0 Å². The Bertz CT molecular complexity index is 875. The lowest BCUT2D eigenvalue weighted by Crippen LogP contribution is -2.30. The van der Waals surface area contributed by atoms with Crippen LogP contribution >= 0.6 is 11.6 Å². The molecule has 1 aromatic heterocycles. The Morgan fingerprint density at radius 3 is 2.54 bits per heavy atom. The van der Waals surface area contributed by atoms with Crippen LogP contribution in [-0.2, 0) is 13.1 Å². The van der Waals surface area contributed by atoms with Gasteiger partial charge in [-0.05, 0) is 48.4 Å². The molecular weight excluding hydrogens is 374 g/mol. The van der Waals surface area contributed by atoms with E-state index in [2.05, 4.69) is 6.92 Å². The van der Waals surface area contributed by atoms with E-state index in [0.717, 1.165) is 24.2 Å². The van der Waals surface area contributed by atoms with Gasteiger partial charge in [0.2, 0.25) is 0 Å². The van der Waals surface area contributed by atoms with Crippen LogP contribution in [0.1, 0.15) is 41.4 Å². The molecule has 1 heterocycles. The fraction of sp³-hybridized carbons (Fsp3) is 0.261. The van der Waals surface area contributed by atoms with Crippen molar-refractivity contribution in [3.8, 4) is 5.75 Å². The van der Waals surface area contributed by atoms with Gasteiger partial charge in [0, 0.05) is 11.6 Å². The number of hydrogen-bond donors (Lipinski definition) is 0. The van der Waals surface area contributed by atoms with Crippen molar-refractivity contribution >= 4 is 17.5 Å². The largest absolute Gasteiger partial charge is 0.493 e. The van der Waals surface area contributed by atoms with E-state index in [4.69, 9.17) is 20.8 Å². The highest BCUT2D eigenvalue weighted by atomic mass is 35.5. The van der Waals surface area contributed by atoms with Gasteiger partial charge in [0.05, 0.1) is 25.0 Å². The van der Waals surface area contributed by atoms with Crippen molar-refractivity contribution in [3.63, 3.8) is 0 Å². The number of benzene rings is 2. The van der Waals surface area contributed by atoms with Crippen LogP contribution < -0.4 is 4.74 Å². The first-order valence-corrected chi connectivity index (χ1v) is 9.83. The second kappa shape index (κ2) is 10.00. The second-order valence-electron chi connectivity index (χ2n) is 6.57. The molecule has 0 aliphatic carbocycles. The third-order valence-corrected chi connectivity index (χ3v) is 4.63. The number of rotatable bonds is 9. The highest BCUT2D eigenvalue weighted by Crippen LogP contribution is 2.23. The molecule has 0 radical (unpaired) electrons. The average molecular weight is 398 g/mol. The Morgan fingerprint density at radius 1 is 1.04 bits per heavy atom. The zero-order valence-electron chi connectivity index (χ0n) is 15.9. The van der Waals surface area contributed by atoms with Crippen molar-refractivity contribution in [2.24, 2.45) is 0 Å². The minimum absolute atomic E-state index is 0.0987. The molecule has 146 valence electrons. The van der Waals surface area contributed by atoms with Crippen molar-refractivity contribution in [1.82, 2.24) is 4.90 Å². The van der Waals surface area contributed by atoms with Crippen molar-refractivity contribution in [1.29, 1.82) is 0 Å². The number of ether oxygens (including phenoxy) is 1. The molecule has 0 aliphatic heterocycles. The molecule has 5 heteroatoms. The molecule has 0 bridgehead atoms. The first kappa shape index (κ1) is 20.0. The molecule has 0 atom stereocenters. The van der Waals surface area contributed by atoms with E-state index < -0.39 is 0 Å². The lowest BCUT2D eigenvalue weighted by molar-refractivity contribution is 0.0713. The number of nitrogens with zero attached hydrogens (tertiary/aromatic N) is 1. The zero-order valence-corrected chi connectivity index (χ0v) is 16.7. The average Bonchev–Trinajstić information content (AvgIpc) is 3.22. The summed E-state index contributed by atoms with van der Waals surface area (Å²) in [4.78, 5) is 15.1. The fourth-order valence-corrected chi connectivity index (χ4v) is 2.99. The number of carbonyl (C=O) groups is 1. The summed E-state index contributed by atoms with van der Waals surface area (Å²) >= 11 is 5.99. The summed E-state index contributed by atoms with van der Waals surface area (Å²) in [6.45, 7) is 3.52. The highest BCUT2D eigenvalue weighted by molar-refractivity contribution is 6.30. The first-order chi connectivity index (χ1) is 13.7. The maximum Gasteiger partial charge on any atom is 0.258 e. The quantitative estimate of drug-likeness (QED) is 0.419. The van der Waals surface area contributed by atoms with E-state index in [1.807, 2.05) is 54.6 Å². The van der Waals surface area contributed by atoms with Gasteiger partial charge in [-0.2, -0.15) is 0 Å². The number of unbranched alkanes of at least 4 members (excludes halogenated alkanes) is 1. The molecule has 2 aromatic carbocycles. The molecule has 0 aliphatic rings. The second-order valence-corrected chi connectivity index (χ2v) is 7.00. The van der Waals surface area contributed by atoms with Gasteiger partial charge in [-0.1, -0.05) is 49.2 Å². The lowest BCUT2D eigenvalue weighted by atomic mass is 10.1. The first-order valence-electron chi connectivity index (χ1n) is 9.45. The van der Waals surface area contributed by atoms with E-state index in [-0.39, 0.29) is 5.91 Å². The number of halogens is 1. The van der Waals surface area contributed by atoms with Crippen LogP contribution in [0.3, 0.4) is 0 Å². The predicted molar refractivity (Wildman–Crippen MR) is 111 cm³/mol. The maximum atomic E-state index is 13.4. The van der Waals surface area contributed by atoms with Crippen LogP contribution in [0, 0.1) is 0 Å². The zero-order chi connectivity index (χ0) is 19.8. The highest BCUT2D eigenvalue weighted by Gasteiger charge is 2.21. The topological polar surface area (TPSA) is 42.7 Å². The van der Waals surface area contributed by atoms with E-state index in [0.29, 0.717) is 36.0 Å². The maximum absolute atomic E-state index is 13.4. The minimum Gasteiger partial charge on any atom is -0.493 e. The summed E-state index contributed by atoms with van der Waals surface area (Å²) in [7, 11) is 0. The predicted octanol–water partition coefficient (Wildman–Crippen LogP) is 5.95. The van der Waals surface area contributed by atoms with Crippen molar-refractivity contribution in [2.45, 2.75) is 32.9 Å². The van der Waals surface area contributed by atoms with Gasteiger partial charge in [0.25, 0.3) is 5.91 Å². The summed E-state index contributed by atoms with van der Waals surface area (Å²) in [5, 5.41) is 0.669. The van der Waals surface area contributed by atoms with E-state index in [9.17, 15) is 4.79 Å². The molecule has 0 saturated heterocycles. The molecule has 0 saturated carbocycles. The molecule has 0 N–H and O–H groups in total. The Balaban J connectivity index is 1.84. The SMILES string of the molecule is CCCCOc1ccccc1C(=O)N(Cc1ccc(Cl)cc1)Cc1ccco1. The molecule has 28 heavy (non-hydrogen) atoms. The van der Waals surface area contributed by atoms with Crippen molar-refractivity contribution < 1.29 is 13.9 Å². The Kier molecular flexibility index (Phi) is 7.15. The summed E-state index contributed by atoms with van der Waals surface area (Å²) in [6, 6.07) is 18.6. The number of carbonyl (C=O) groups excluding carboxylic acids is 1. The number of hydrogen-bond acceptors (Lipinski definition) is 3. The molecule has 1 amide bonds. The van der Waals surface area contributed by atoms with Crippen molar-refractivity contribution in [2.75, 3.05) is 6.61 Å². The molecule has 4 nitrogen and oxygen atoms in total.